The van der Waals surface area contributed by atoms with E-state index in [0.29, 0.717) is 18.0 Å². The van der Waals surface area contributed by atoms with E-state index in [4.69, 9.17) is 9.47 Å². The average molecular weight is 339 g/mol. The van der Waals surface area contributed by atoms with E-state index in [9.17, 15) is 0 Å². The van der Waals surface area contributed by atoms with Crippen molar-refractivity contribution < 1.29 is 9.47 Å². The van der Waals surface area contributed by atoms with Crippen LogP contribution in [-0.2, 0) is 0 Å². The van der Waals surface area contributed by atoms with E-state index in [0.717, 1.165) is 17.4 Å². The van der Waals surface area contributed by atoms with Gasteiger partial charge in [-0.3, -0.25) is 0 Å². The van der Waals surface area contributed by atoms with Crippen molar-refractivity contribution in [3.8, 4) is 11.5 Å². The van der Waals surface area contributed by atoms with Crippen LogP contribution in [-0.4, -0.2) is 13.2 Å². The molecule has 0 amide bonds. The summed E-state index contributed by atoms with van der Waals surface area (Å²) in [5.74, 6) is 2.73. The van der Waals surface area contributed by atoms with Gasteiger partial charge in [-0.05, 0) is 36.5 Å². The summed E-state index contributed by atoms with van der Waals surface area (Å²) in [5, 5.41) is 0. The highest BCUT2D eigenvalue weighted by Crippen LogP contribution is 2.38. The van der Waals surface area contributed by atoms with Gasteiger partial charge in [0.1, 0.15) is 13.2 Å². The lowest BCUT2D eigenvalue weighted by Gasteiger charge is -2.23. The Morgan fingerprint density at radius 1 is 1.05 bits per heavy atom. The summed E-state index contributed by atoms with van der Waals surface area (Å²) in [4.78, 5) is 0.431. The Hall–Kier alpha value is -0.700. The van der Waals surface area contributed by atoms with E-state index in [-0.39, 0.29) is 0 Å². The summed E-state index contributed by atoms with van der Waals surface area (Å²) in [5.41, 5.74) is 1.31. The molecule has 110 valence electrons. The molecule has 1 fully saturated rings. The number of halogens is 1. The monoisotopic (exact) mass is 338 g/mol. The van der Waals surface area contributed by atoms with Crippen LogP contribution in [0.25, 0.3) is 0 Å². The lowest BCUT2D eigenvalue weighted by atomic mass is 9.85. The molecule has 0 saturated heterocycles. The van der Waals surface area contributed by atoms with Crippen LogP contribution in [0.15, 0.2) is 18.2 Å². The van der Waals surface area contributed by atoms with Gasteiger partial charge in [-0.25, -0.2) is 0 Å². The second-order valence-electron chi connectivity index (χ2n) is 5.95. The molecule has 1 aliphatic heterocycles. The molecule has 2 aliphatic rings. The second-order valence-corrected chi connectivity index (χ2v) is 7.06. The molecule has 3 rings (SSSR count). The first-order valence-electron chi connectivity index (χ1n) is 7.86. The Labute approximate surface area is 130 Å². The Morgan fingerprint density at radius 2 is 1.80 bits per heavy atom. The second kappa shape index (κ2) is 6.84. The highest BCUT2D eigenvalue weighted by molar-refractivity contribution is 9.09. The van der Waals surface area contributed by atoms with Crippen LogP contribution in [0.2, 0.25) is 0 Å². The van der Waals surface area contributed by atoms with Crippen LogP contribution in [0, 0.1) is 5.92 Å². The number of alkyl halides is 1. The molecule has 0 N–H and O–H groups in total. The predicted octanol–water partition coefficient (Wildman–Crippen LogP) is 5.25. The maximum absolute atomic E-state index is 5.66. The highest BCUT2D eigenvalue weighted by atomic mass is 79.9. The molecule has 3 heteroatoms. The predicted molar refractivity (Wildman–Crippen MR) is 84.9 cm³/mol. The summed E-state index contributed by atoms with van der Waals surface area (Å²) in [6.45, 7) is 1.32. The maximum Gasteiger partial charge on any atom is 0.161 e. The Kier molecular flexibility index (Phi) is 4.87. The smallest absolute Gasteiger partial charge is 0.161 e. The van der Waals surface area contributed by atoms with Crippen LogP contribution >= 0.6 is 15.9 Å². The first-order chi connectivity index (χ1) is 9.83. The third kappa shape index (κ3) is 3.49. The summed E-state index contributed by atoms with van der Waals surface area (Å²) in [6, 6.07) is 6.33. The normalized spacial score (nSPS) is 20.6. The van der Waals surface area contributed by atoms with Gasteiger partial charge in [-0.15, -0.1) is 0 Å². The molecular weight excluding hydrogens is 316 g/mol. The molecule has 0 bridgehead atoms. The molecule has 0 aromatic heterocycles. The van der Waals surface area contributed by atoms with E-state index in [1.807, 2.05) is 6.07 Å². The minimum Gasteiger partial charge on any atom is -0.486 e. The average Bonchev–Trinajstić information content (AvgIpc) is 2.53. The van der Waals surface area contributed by atoms with E-state index in [1.165, 1.54) is 50.5 Å². The van der Waals surface area contributed by atoms with Gasteiger partial charge in [0.2, 0.25) is 0 Å². The quantitative estimate of drug-likeness (QED) is 0.697. The van der Waals surface area contributed by atoms with Gasteiger partial charge in [-0.1, -0.05) is 54.1 Å². The van der Waals surface area contributed by atoms with Gasteiger partial charge in [0.25, 0.3) is 0 Å². The van der Waals surface area contributed by atoms with Gasteiger partial charge < -0.3 is 9.47 Å². The van der Waals surface area contributed by atoms with Gasteiger partial charge in [0.15, 0.2) is 11.5 Å². The summed E-state index contributed by atoms with van der Waals surface area (Å²) >= 11 is 3.84. The van der Waals surface area contributed by atoms with Gasteiger partial charge in [-0.2, -0.15) is 0 Å². The Morgan fingerprint density at radius 3 is 2.60 bits per heavy atom. The molecule has 1 heterocycles. The molecule has 0 radical (unpaired) electrons. The third-order valence-corrected chi connectivity index (χ3v) is 5.47. The van der Waals surface area contributed by atoms with E-state index in [1.54, 1.807) is 0 Å². The summed E-state index contributed by atoms with van der Waals surface area (Å²) < 4.78 is 11.2. The minimum absolute atomic E-state index is 0.431. The number of rotatable bonds is 4. The number of fused-ring (bicyclic) bond motifs is 1. The van der Waals surface area contributed by atoms with E-state index >= 15 is 0 Å². The van der Waals surface area contributed by atoms with Crippen LogP contribution in [0.4, 0.5) is 0 Å². The van der Waals surface area contributed by atoms with E-state index in [2.05, 4.69) is 28.1 Å². The van der Waals surface area contributed by atoms with Crippen LogP contribution in [0.3, 0.4) is 0 Å². The fourth-order valence-electron chi connectivity index (χ4n) is 3.28. The third-order valence-electron chi connectivity index (χ3n) is 4.48. The standard InChI is InChI=1S/C17H23BrO2/c18-15(8-6-13-4-2-1-3-5-13)14-7-9-16-17(12-14)20-11-10-19-16/h7,9,12-13,15H,1-6,8,10-11H2. The van der Waals surface area contributed by atoms with E-state index < -0.39 is 0 Å². The first kappa shape index (κ1) is 14.2. The summed E-state index contributed by atoms with van der Waals surface area (Å²) in [7, 11) is 0. The molecule has 2 nitrogen and oxygen atoms in total. The number of hydrogen-bond donors (Lipinski definition) is 0. The molecule has 1 aromatic rings. The zero-order valence-electron chi connectivity index (χ0n) is 11.9. The number of benzene rings is 1. The van der Waals surface area contributed by atoms with Crippen molar-refractivity contribution in [1.82, 2.24) is 0 Å². The van der Waals surface area contributed by atoms with Crippen molar-refractivity contribution in [1.29, 1.82) is 0 Å². The fourth-order valence-corrected chi connectivity index (χ4v) is 3.83. The molecule has 0 spiro atoms. The van der Waals surface area contributed by atoms with Gasteiger partial charge >= 0.3 is 0 Å². The lowest BCUT2D eigenvalue weighted by Crippen LogP contribution is -2.15. The molecular formula is C17H23BrO2. The maximum atomic E-state index is 5.66. The molecule has 1 aliphatic carbocycles. The van der Waals surface area contributed by atoms with Gasteiger partial charge in [0.05, 0.1) is 0 Å². The van der Waals surface area contributed by atoms with Crippen molar-refractivity contribution in [2.24, 2.45) is 5.92 Å². The fraction of sp³-hybridized carbons (Fsp3) is 0.647. The van der Waals surface area contributed by atoms with Crippen molar-refractivity contribution in [3.63, 3.8) is 0 Å². The van der Waals surface area contributed by atoms with Gasteiger partial charge in [0, 0.05) is 4.83 Å². The van der Waals surface area contributed by atoms with Crippen molar-refractivity contribution in [2.75, 3.05) is 13.2 Å². The first-order valence-corrected chi connectivity index (χ1v) is 8.78. The molecule has 1 atom stereocenters. The van der Waals surface area contributed by atoms with Crippen LogP contribution in [0.1, 0.15) is 55.3 Å². The topological polar surface area (TPSA) is 18.5 Å². The lowest BCUT2D eigenvalue weighted by molar-refractivity contribution is 0.171. The Balaban J connectivity index is 1.57. The van der Waals surface area contributed by atoms with Crippen LogP contribution < -0.4 is 9.47 Å². The SMILES string of the molecule is BrC(CCC1CCCCC1)c1ccc2c(c1)OCCO2. The molecule has 20 heavy (non-hydrogen) atoms. The van der Waals surface area contributed by atoms with Crippen molar-refractivity contribution >= 4 is 15.9 Å². The molecule has 1 saturated carbocycles. The van der Waals surface area contributed by atoms with Crippen molar-refractivity contribution in [2.45, 2.75) is 49.8 Å². The van der Waals surface area contributed by atoms with Crippen LogP contribution in [0.5, 0.6) is 11.5 Å². The molecule has 1 aromatic carbocycles. The highest BCUT2D eigenvalue weighted by Gasteiger charge is 2.18. The van der Waals surface area contributed by atoms with Crippen molar-refractivity contribution in [3.05, 3.63) is 23.8 Å². The number of ether oxygens (including phenoxy) is 2. The largest absolute Gasteiger partial charge is 0.486 e. The molecule has 1 unspecified atom stereocenters. The zero-order valence-corrected chi connectivity index (χ0v) is 13.5. The zero-order chi connectivity index (χ0) is 13.8. The Bertz CT molecular complexity index is 441. The number of hydrogen-bond acceptors (Lipinski definition) is 2. The minimum atomic E-state index is 0.431. The summed E-state index contributed by atoms with van der Waals surface area (Å²) in [6.07, 6.45) is 9.72.